The largest absolute Gasteiger partial charge is 0.342 e. The van der Waals surface area contributed by atoms with Crippen molar-refractivity contribution in [3.8, 4) is 0 Å². The van der Waals surface area contributed by atoms with Crippen LogP contribution >= 0.6 is 0 Å². The number of amides is 2. The van der Waals surface area contributed by atoms with Gasteiger partial charge in [-0.3, -0.25) is 14.3 Å². The third-order valence-electron chi connectivity index (χ3n) is 4.23. The molecule has 2 rings (SSSR count). The average molecular weight is 292 g/mol. The van der Waals surface area contributed by atoms with Crippen molar-refractivity contribution < 1.29 is 9.59 Å². The summed E-state index contributed by atoms with van der Waals surface area (Å²) in [5.41, 5.74) is 0.229. The average Bonchev–Trinajstić information content (AvgIpc) is 2.79. The first-order valence-electron chi connectivity index (χ1n) is 7.34. The monoisotopic (exact) mass is 292 g/mol. The Morgan fingerprint density at radius 2 is 2.05 bits per heavy atom. The molecule has 0 aliphatic carbocycles. The number of aromatic nitrogens is 2. The van der Waals surface area contributed by atoms with Gasteiger partial charge in [0.2, 0.25) is 11.8 Å². The van der Waals surface area contributed by atoms with E-state index in [1.54, 1.807) is 29.6 Å². The van der Waals surface area contributed by atoms with Crippen LogP contribution in [0.3, 0.4) is 0 Å². The molecule has 1 aromatic rings. The normalized spacial score (nSPS) is 21.8. The maximum atomic E-state index is 12.7. The Balaban J connectivity index is 2.18. The van der Waals surface area contributed by atoms with Crippen LogP contribution in [0.2, 0.25) is 0 Å². The summed E-state index contributed by atoms with van der Waals surface area (Å²) in [6.45, 7) is 7.99. The highest BCUT2D eigenvalue weighted by Gasteiger charge is 2.46. The van der Waals surface area contributed by atoms with E-state index in [2.05, 4.69) is 10.4 Å². The number of nitrogens with one attached hydrogen (secondary N) is 1. The molecule has 6 nitrogen and oxygen atoms in total. The highest BCUT2D eigenvalue weighted by molar-refractivity contribution is 5.99. The molecule has 21 heavy (non-hydrogen) atoms. The zero-order valence-electron chi connectivity index (χ0n) is 13.4. The molecule has 0 saturated carbocycles. The quantitative estimate of drug-likeness (QED) is 0.889. The van der Waals surface area contributed by atoms with Crippen LogP contribution in [0.4, 0.5) is 0 Å². The second-order valence-electron chi connectivity index (χ2n) is 6.44. The van der Waals surface area contributed by atoms with E-state index in [0.717, 1.165) is 5.69 Å². The van der Waals surface area contributed by atoms with Gasteiger partial charge in [0.05, 0.1) is 0 Å². The lowest BCUT2D eigenvalue weighted by atomic mass is 9.91. The van der Waals surface area contributed by atoms with Crippen LogP contribution in [0.25, 0.3) is 0 Å². The maximum absolute atomic E-state index is 12.7. The second-order valence-corrected chi connectivity index (χ2v) is 6.44. The molecule has 1 aliphatic rings. The van der Waals surface area contributed by atoms with Crippen LogP contribution in [0.1, 0.15) is 33.4 Å². The van der Waals surface area contributed by atoms with Gasteiger partial charge in [-0.2, -0.15) is 5.10 Å². The highest BCUT2D eigenvalue weighted by atomic mass is 16.2. The molecule has 1 aliphatic heterocycles. The fourth-order valence-corrected chi connectivity index (χ4v) is 2.66. The minimum absolute atomic E-state index is 0.00299. The van der Waals surface area contributed by atoms with Crippen LogP contribution in [-0.2, 0) is 23.1 Å². The van der Waals surface area contributed by atoms with Crippen LogP contribution in [0, 0.1) is 5.92 Å². The standard InChI is InChI=1S/C15H24N4O2/c1-10(2)12-13(20)19(15(3,4)14(21)17-12)9-7-11-6-8-16-18(11)5/h6,8,10,12H,7,9H2,1-5H3,(H,17,21). The number of carbonyl (C=O) groups is 2. The predicted octanol–water partition coefficient (Wildman–Crippen LogP) is 0.724. The molecule has 1 saturated heterocycles. The van der Waals surface area contributed by atoms with Crippen molar-refractivity contribution in [1.29, 1.82) is 0 Å². The highest BCUT2D eigenvalue weighted by Crippen LogP contribution is 2.24. The molecule has 0 aromatic carbocycles. The Morgan fingerprint density at radius 3 is 2.57 bits per heavy atom. The molecule has 1 aromatic heterocycles. The Labute approximate surface area is 125 Å². The molecule has 116 valence electrons. The summed E-state index contributed by atoms with van der Waals surface area (Å²) in [5.74, 6) is -0.0145. The zero-order valence-corrected chi connectivity index (χ0v) is 13.4. The molecule has 1 atom stereocenters. The maximum Gasteiger partial charge on any atom is 0.246 e. The molecule has 1 N–H and O–H groups in total. The van der Waals surface area contributed by atoms with Gasteiger partial charge in [0, 0.05) is 31.9 Å². The van der Waals surface area contributed by atoms with Crippen LogP contribution in [0.5, 0.6) is 0 Å². The van der Waals surface area contributed by atoms with E-state index >= 15 is 0 Å². The van der Waals surface area contributed by atoms with E-state index in [0.29, 0.717) is 13.0 Å². The lowest BCUT2D eigenvalue weighted by molar-refractivity contribution is -0.156. The molecule has 0 spiro atoms. The molecular formula is C15H24N4O2. The van der Waals surface area contributed by atoms with Crippen molar-refractivity contribution in [1.82, 2.24) is 20.0 Å². The van der Waals surface area contributed by atoms with Crippen LogP contribution < -0.4 is 5.32 Å². The van der Waals surface area contributed by atoms with E-state index in [-0.39, 0.29) is 17.7 Å². The SMILES string of the molecule is CC(C)C1NC(=O)C(C)(C)N(CCc2ccnn2C)C1=O. The number of hydrogen-bond acceptors (Lipinski definition) is 3. The first-order chi connectivity index (χ1) is 9.75. The summed E-state index contributed by atoms with van der Waals surface area (Å²) in [6, 6.07) is 1.50. The first-order valence-corrected chi connectivity index (χ1v) is 7.34. The van der Waals surface area contributed by atoms with Crippen LogP contribution in [0.15, 0.2) is 12.3 Å². The van der Waals surface area contributed by atoms with E-state index in [4.69, 9.17) is 0 Å². The van der Waals surface area contributed by atoms with Gasteiger partial charge in [-0.25, -0.2) is 0 Å². The van der Waals surface area contributed by atoms with Gasteiger partial charge in [-0.15, -0.1) is 0 Å². The lowest BCUT2D eigenvalue weighted by Crippen LogP contribution is -2.69. The molecular weight excluding hydrogens is 268 g/mol. The van der Waals surface area contributed by atoms with Crippen molar-refractivity contribution in [2.75, 3.05) is 6.54 Å². The van der Waals surface area contributed by atoms with E-state index in [1.807, 2.05) is 27.0 Å². The summed E-state index contributed by atoms with van der Waals surface area (Å²) in [5, 5.41) is 6.97. The van der Waals surface area contributed by atoms with Crippen molar-refractivity contribution in [3.63, 3.8) is 0 Å². The molecule has 6 heteroatoms. The van der Waals surface area contributed by atoms with Gasteiger partial charge in [0.1, 0.15) is 11.6 Å². The third-order valence-corrected chi connectivity index (χ3v) is 4.23. The molecule has 0 bridgehead atoms. The summed E-state index contributed by atoms with van der Waals surface area (Å²) in [7, 11) is 1.88. The first kappa shape index (κ1) is 15.5. The van der Waals surface area contributed by atoms with Gasteiger partial charge in [-0.05, 0) is 25.8 Å². The van der Waals surface area contributed by atoms with Gasteiger partial charge in [0.25, 0.3) is 0 Å². The third kappa shape index (κ3) is 2.80. The summed E-state index contributed by atoms with van der Waals surface area (Å²) in [6.07, 6.45) is 2.42. The molecule has 2 amide bonds. The van der Waals surface area contributed by atoms with Gasteiger partial charge in [-0.1, -0.05) is 13.8 Å². The number of nitrogens with zero attached hydrogens (tertiary/aromatic N) is 3. The molecule has 1 fully saturated rings. The van der Waals surface area contributed by atoms with Gasteiger partial charge in [0.15, 0.2) is 0 Å². The number of rotatable bonds is 4. The van der Waals surface area contributed by atoms with Crippen molar-refractivity contribution >= 4 is 11.8 Å². The Morgan fingerprint density at radius 1 is 1.38 bits per heavy atom. The minimum Gasteiger partial charge on any atom is -0.342 e. The van der Waals surface area contributed by atoms with Crippen molar-refractivity contribution in [2.45, 2.75) is 45.7 Å². The predicted molar refractivity (Wildman–Crippen MR) is 79.5 cm³/mol. The molecule has 2 heterocycles. The Hall–Kier alpha value is -1.85. The number of aryl methyl sites for hydroxylation is 1. The van der Waals surface area contributed by atoms with Gasteiger partial charge < -0.3 is 10.2 Å². The number of carbonyl (C=O) groups excluding carboxylic acids is 2. The number of hydrogen-bond donors (Lipinski definition) is 1. The van der Waals surface area contributed by atoms with E-state index in [9.17, 15) is 9.59 Å². The van der Waals surface area contributed by atoms with Crippen molar-refractivity contribution in [2.24, 2.45) is 13.0 Å². The summed E-state index contributed by atoms with van der Waals surface area (Å²) < 4.78 is 1.79. The number of piperazine rings is 1. The molecule has 1 unspecified atom stereocenters. The fourth-order valence-electron chi connectivity index (χ4n) is 2.66. The van der Waals surface area contributed by atoms with Gasteiger partial charge >= 0.3 is 0 Å². The lowest BCUT2D eigenvalue weighted by Gasteiger charge is -2.45. The fraction of sp³-hybridized carbons (Fsp3) is 0.667. The summed E-state index contributed by atoms with van der Waals surface area (Å²) >= 11 is 0. The summed E-state index contributed by atoms with van der Waals surface area (Å²) in [4.78, 5) is 26.7. The second kappa shape index (κ2) is 5.50. The molecule has 0 radical (unpaired) electrons. The van der Waals surface area contributed by atoms with Crippen molar-refractivity contribution in [3.05, 3.63) is 18.0 Å². The zero-order chi connectivity index (χ0) is 15.8. The van der Waals surface area contributed by atoms with E-state index < -0.39 is 11.6 Å². The Bertz CT molecular complexity index is 548. The minimum atomic E-state index is -0.818. The topological polar surface area (TPSA) is 67.2 Å². The smallest absolute Gasteiger partial charge is 0.246 e. The van der Waals surface area contributed by atoms with Crippen LogP contribution in [-0.4, -0.2) is 44.6 Å². The Kier molecular flexibility index (Phi) is 4.07. The van der Waals surface area contributed by atoms with E-state index in [1.165, 1.54) is 0 Å².